The third-order valence-electron chi connectivity index (χ3n) is 2.92. The molecule has 0 amide bonds. The van der Waals surface area contributed by atoms with E-state index in [0.29, 0.717) is 16.3 Å². The third-order valence-corrected chi connectivity index (χ3v) is 3.84. The van der Waals surface area contributed by atoms with Crippen LogP contribution >= 0.6 is 11.3 Å². The minimum Gasteiger partial charge on any atom is -0.399 e. The Kier molecular flexibility index (Phi) is 3.08. The Morgan fingerprint density at radius 2 is 2.20 bits per heavy atom. The molecule has 0 aliphatic carbocycles. The SMILES string of the molecule is Cc1ncsc1C(=O)n1ccc(-c2cccc(N)c2)n1. The fraction of sp³-hybridized carbons (Fsp3) is 0.0714. The van der Waals surface area contributed by atoms with Crippen molar-refractivity contribution in [3.63, 3.8) is 0 Å². The summed E-state index contributed by atoms with van der Waals surface area (Å²) in [6.45, 7) is 1.81. The summed E-state index contributed by atoms with van der Waals surface area (Å²) in [4.78, 5) is 17.0. The van der Waals surface area contributed by atoms with E-state index in [-0.39, 0.29) is 5.91 Å². The summed E-state index contributed by atoms with van der Waals surface area (Å²) in [5.74, 6) is -0.167. The lowest BCUT2D eigenvalue weighted by atomic mass is 10.1. The second-order valence-electron chi connectivity index (χ2n) is 4.34. The van der Waals surface area contributed by atoms with Gasteiger partial charge in [0.25, 0.3) is 5.91 Å². The molecule has 0 aliphatic heterocycles. The minimum atomic E-state index is -0.167. The predicted molar refractivity (Wildman–Crippen MR) is 78.7 cm³/mol. The zero-order valence-electron chi connectivity index (χ0n) is 10.8. The molecule has 2 N–H and O–H groups in total. The van der Waals surface area contributed by atoms with E-state index >= 15 is 0 Å². The van der Waals surface area contributed by atoms with Crippen LogP contribution in [0.15, 0.2) is 42.0 Å². The van der Waals surface area contributed by atoms with Crippen LogP contribution in [0.25, 0.3) is 11.3 Å². The van der Waals surface area contributed by atoms with Crippen LogP contribution < -0.4 is 5.73 Å². The highest BCUT2D eigenvalue weighted by Crippen LogP contribution is 2.20. The van der Waals surface area contributed by atoms with Gasteiger partial charge in [-0.1, -0.05) is 12.1 Å². The number of hydrogen-bond acceptors (Lipinski definition) is 5. The van der Waals surface area contributed by atoms with Gasteiger partial charge in [0.15, 0.2) is 0 Å². The number of carbonyl (C=O) groups excluding carboxylic acids is 1. The largest absolute Gasteiger partial charge is 0.399 e. The number of thiazole rings is 1. The van der Waals surface area contributed by atoms with Crippen molar-refractivity contribution >= 4 is 22.9 Å². The average molecular weight is 284 g/mol. The van der Waals surface area contributed by atoms with Gasteiger partial charge in [-0.3, -0.25) is 4.79 Å². The van der Waals surface area contributed by atoms with Gasteiger partial charge in [-0.15, -0.1) is 11.3 Å². The molecule has 0 fully saturated rings. The first-order chi connectivity index (χ1) is 9.65. The van der Waals surface area contributed by atoms with Gasteiger partial charge in [0.2, 0.25) is 0 Å². The van der Waals surface area contributed by atoms with E-state index in [4.69, 9.17) is 5.73 Å². The smallest absolute Gasteiger partial charge is 0.290 e. The molecule has 0 atom stereocenters. The van der Waals surface area contributed by atoms with Gasteiger partial charge in [0, 0.05) is 17.4 Å². The molecule has 20 heavy (non-hydrogen) atoms. The molecular weight excluding hydrogens is 272 g/mol. The van der Waals surface area contributed by atoms with Crippen molar-refractivity contribution in [2.24, 2.45) is 0 Å². The summed E-state index contributed by atoms with van der Waals surface area (Å²) in [6, 6.07) is 9.20. The topological polar surface area (TPSA) is 73.8 Å². The van der Waals surface area contributed by atoms with Gasteiger partial charge in [-0.05, 0) is 25.1 Å². The zero-order chi connectivity index (χ0) is 14.1. The Morgan fingerprint density at radius 1 is 1.35 bits per heavy atom. The number of nitrogens with two attached hydrogens (primary N) is 1. The fourth-order valence-corrected chi connectivity index (χ4v) is 2.63. The standard InChI is InChI=1S/C14H12N4OS/c1-9-13(20-8-16-9)14(19)18-6-5-12(17-18)10-3-2-4-11(15)7-10/h2-8H,15H2,1H3. The monoisotopic (exact) mass is 284 g/mol. The van der Waals surface area contributed by atoms with Crippen molar-refractivity contribution in [2.75, 3.05) is 5.73 Å². The summed E-state index contributed by atoms with van der Waals surface area (Å²) >= 11 is 1.32. The van der Waals surface area contributed by atoms with Crippen LogP contribution in [0.5, 0.6) is 0 Å². The normalized spacial score (nSPS) is 10.7. The molecule has 100 valence electrons. The molecule has 2 aromatic heterocycles. The molecule has 0 radical (unpaired) electrons. The second kappa shape index (κ2) is 4.90. The molecule has 5 nitrogen and oxygen atoms in total. The van der Waals surface area contributed by atoms with Crippen LogP contribution in [0.4, 0.5) is 5.69 Å². The quantitative estimate of drug-likeness (QED) is 0.734. The highest BCUT2D eigenvalue weighted by atomic mass is 32.1. The van der Waals surface area contributed by atoms with Gasteiger partial charge in [-0.2, -0.15) is 5.10 Å². The maximum Gasteiger partial charge on any atom is 0.290 e. The number of anilines is 1. The lowest BCUT2D eigenvalue weighted by molar-refractivity contribution is 0.0948. The lowest BCUT2D eigenvalue weighted by Gasteiger charge is -1.99. The van der Waals surface area contributed by atoms with Crippen LogP contribution in [-0.4, -0.2) is 20.7 Å². The molecule has 3 rings (SSSR count). The number of nitrogen functional groups attached to an aromatic ring is 1. The summed E-state index contributed by atoms with van der Waals surface area (Å²) in [5.41, 5.74) is 10.4. The van der Waals surface area contributed by atoms with Crippen molar-refractivity contribution < 1.29 is 4.79 Å². The summed E-state index contributed by atoms with van der Waals surface area (Å²) in [5, 5.41) is 4.31. The van der Waals surface area contributed by atoms with Gasteiger partial charge in [0.05, 0.1) is 16.9 Å². The van der Waals surface area contributed by atoms with Crippen LogP contribution in [0.3, 0.4) is 0 Å². The first kappa shape index (κ1) is 12.6. The van der Waals surface area contributed by atoms with Crippen LogP contribution in [0.2, 0.25) is 0 Å². The van der Waals surface area contributed by atoms with Gasteiger partial charge < -0.3 is 5.73 Å². The number of hydrogen-bond donors (Lipinski definition) is 1. The first-order valence-corrected chi connectivity index (χ1v) is 6.89. The molecule has 0 aliphatic rings. The van der Waals surface area contributed by atoms with Crippen LogP contribution in [0, 0.1) is 6.92 Å². The van der Waals surface area contributed by atoms with Crippen molar-refractivity contribution in [3.8, 4) is 11.3 Å². The van der Waals surface area contributed by atoms with Crippen LogP contribution in [-0.2, 0) is 0 Å². The molecule has 0 bridgehead atoms. The molecular formula is C14H12N4OS. The molecule has 6 heteroatoms. The summed E-state index contributed by atoms with van der Waals surface area (Å²) < 4.78 is 1.33. The van der Waals surface area contributed by atoms with Gasteiger partial charge in [-0.25, -0.2) is 9.67 Å². The van der Waals surface area contributed by atoms with Crippen molar-refractivity contribution in [3.05, 3.63) is 52.6 Å². The van der Waals surface area contributed by atoms with Crippen LogP contribution in [0.1, 0.15) is 15.4 Å². The number of aryl methyl sites for hydroxylation is 1. The number of rotatable bonds is 2. The van der Waals surface area contributed by atoms with Crippen molar-refractivity contribution in [1.29, 1.82) is 0 Å². The Morgan fingerprint density at radius 3 is 2.90 bits per heavy atom. The Balaban J connectivity index is 1.95. The number of benzene rings is 1. The van der Waals surface area contributed by atoms with E-state index in [1.165, 1.54) is 16.0 Å². The molecule has 0 saturated heterocycles. The van der Waals surface area contributed by atoms with Crippen molar-refractivity contribution in [2.45, 2.75) is 6.92 Å². The Hall–Kier alpha value is -2.47. The lowest BCUT2D eigenvalue weighted by Crippen LogP contribution is -2.12. The van der Waals surface area contributed by atoms with E-state index in [1.807, 2.05) is 31.2 Å². The Labute approximate surface area is 119 Å². The van der Waals surface area contributed by atoms with E-state index in [1.54, 1.807) is 17.8 Å². The van der Waals surface area contributed by atoms with E-state index in [0.717, 1.165) is 11.3 Å². The summed E-state index contributed by atoms with van der Waals surface area (Å²) in [6.07, 6.45) is 1.65. The molecule has 0 saturated carbocycles. The number of nitrogens with zero attached hydrogens (tertiary/aromatic N) is 3. The Bertz CT molecular complexity index is 775. The zero-order valence-corrected chi connectivity index (χ0v) is 11.6. The van der Waals surface area contributed by atoms with Gasteiger partial charge >= 0.3 is 0 Å². The molecule has 3 aromatic rings. The maximum absolute atomic E-state index is 12.3. The highest BCUT2D eigenvalue weighted by Gasteiger charge is 2.15. The number of carbonyl (C=O) groups is 1. The second-order valence-corrected chi connectivity index (χ2v) is 5.20. The summed E-state index contributed by atoms with van der Waals surface area (Å²) in [7, 11) is 0. The highest BCUT2D eigenvalue weighted by molar-refractivity contribution is 7.11. The number of aromatic nitrogens is 3. The maximum atomic E-state index is 12.3. The van der Waals surface area contributed by atoms with E-state index in [9.17, 15) is 4.79 Å². The molecule has 0 spiro atoms. The minimum absolute atomic E-state index is 0.167. The predicted octanol–water partition coefficient (Wildman–Crippen LogP) is 2.59. The average Bonchev–Trinajstić information content (AvgIpc) is 3.07. The molecule has 2 heterocycles. The van der Waals surface area contributed by atoms with E-state index < -0.39 is 0 Å². The molecule has 0 unspecified atom stereocenters. The molecule has 1 aromatic carbocycles. The third kappa shape index (κ3) is 2.21. The fourth-order valence-electron chi connectivity index (χ4n) is 1.90. The first-order valence-electron chi connectivity index (χ1n) is 6.01. The van der Waals surface area contributed by atoms with Gasteiger partial charge in [0.1, 0.15) is 4.88 Å². The van der Waals surface area contributed by atoms with E-state index in [2.05, 4.69) is 10.1 Å². The van der Waals surface area contributed by atoms with Crippen molar-refractivity contribution in [1.82, 2.24) is 14.8 Å².